The predicted octanol–water partition coefficient (Wildman–Crippen LogP) is 3.94. The zero-order chi connectivity index (χ0) is 14.7. The molecule has 0 amide bonds. The Morgan fingerprint density at radius 2 is 2.10 bits per heavy atom. The number of hydrogen-bond donors (Lipinski definition) is 1. The van der Waals surface area contributed by atoms with E-state index in [2.05, 4.69) is 35.1 Å². The topological polar surface area (TPSA) is 15.3 Å². The van der Waals surface area contributed by atoms with Crippen molar-refractivity contribution in [1.29, 1.82) is 0 Å². The molecule has 1 aromatic rings. The number of hydrogen-bond acceptors (Lipinski definition) is 2. The van der Waals surface area contributed by atoms with Crippen molar-refractivity contribution in [1.82, 2.24) is 5.32 Å². The normalized spacial score (nSPS) is 23.1. The molecule has 1 fully saturated rings. The highest BCUT2D eigenvalue weighted by molar-refractivity contribution is 9.10. The molecule has 2 nitrogen and oxygen atoms in total. The second-order valence-corrected chi connectivity index (χ2v) is 6.34. The average Bonchev–Trinajstić information content (AvgIpc) is 2.41. The highest BCUT2D eigenvalue weighted by Crippen LogP contribution is 2.29. The van der Waals surface area contributed by atoms with E-state index in [-0.39, 0.29) is 10.3 Å². The molecule has 0 saturated carbocycles. The fraction of sp³-hybridized carbons (Fsp3) is 0.600. The van der Waals surface area contributed by atoms with Crippen LogP contribution in [0.2, 0.25) is 0 Å². The molecule has 2 unspecified atom stereocenters. The van der Waals surface area contributed by atoms with Crippen LogP contribution in [-0.4, -0.2) is 25.7 Å². The summed E-state index contributed by atoms with van der Waals surface area (Å²) in [7, 11) is 0. The Morgan fingerprint density at radius 3 is 2.75 bits per heavy atom. The Morgan fingerprint density at radius 1 is 1.35 bits per heavy atom. The zero-order valence-corrected chi connectivity index (χ0v) is 13.5. The highest BCUT2D eigenvalue weighted by Gasteiger charge is 2.27. The van der Waals surface area contributed by atoms with Gasteiger partial charge < -0.3 is 10.2 Å². The summed E-state index contributed by atoms with van der Waals surface area (Å²) in [5.74, 6) is -0.368. The molecule has 2 rings (SSSR count). The average molecular weight is 347 g/mol. The third kappa shape index (κ3) is 3.50. The SMILES string of the molecule is CCCNC1CCN(c2cc(F)c(Br)cc2F)CC1C. The van der Waals surface area contributed by atoms with Gasteiger partial charge in [0.25, 0.3) is 0 Å². The maximum atomic E-state index is 14.0. The van der Waals surface area contributed by atoms with Crippen LogP contribution < -0.4 is 10.2 Å². The Kier molecular flexibility index (Phi) is 5.38. The highest BCUT2D eigenvalue weighted by atomic mass is 79.9. The molecule has 1 aliphatic rings. The molecule has 5 heteroatoms. The molecule has 1 aromatic carbocycles. The first-order valence-electron chi connectivity index (χ1n) is 7.15. The second kappa shape index (κ2) is 6.85. The van der Waals surface area contributed by atoms with Crippen molar-refractivity contribution in [2.75, 3.05) is 24.5 Å². The minimum absolute atomic E-state index is 0.172. The molecule has 20 heavy (non-hydrogen) atoms. The monoisotopic (exact) mass is 346 g/mol. The molecular formula is C15H21BrF2N2. The first-order chi connectivity index (χ1) is 9.52. The van der Waals surface area contributed by atoms with E-state index in [9.17, 15) is 8.78 Å². The molecule has 0 bridgehead atoms. The molecule has 1 aliphatic heterocycles. The standard InChI is InChI=1S/C15H21BrF2N2/c1-3-5-19-14-4-6-20(9-10(14)2)15-8-12(17)11(16)7-13(15)18/h7-8,10,14,19H,3-6,9H2,1-2H3. The first-order valence-corrected chi connectivity index (χ1v) is 7.95. The second-order valence-electron chi connectivity index (χ2n) is 5.49. The van der Waals surface area contributed by atoms with Gasteiger partial charge in [-0.25, -0.2) is 8.78 Å². The van der Waals surface area contributed by atoms with Gasteiger partial charge in [-0.3, -0.25) is 0 Å². The van der Waals surface area contributed by atoms with Crippen LogP contribution in [0.3, 0.4) is 0 Å². The molecule has 1 heterocycles. The van der Waals surface area contributed by atoms with E-state index < -0.39 is 5.82 Å². The van der Waals surface area contributed by atoms with E-state index in [1.807, 2.05) is 4.90 Å². The molecule has 0 spiro atoms. The number of anilines is 1. The van der Waals surface area contributed by atoms with Gasteiger partial charge in [0.15, 0.2) is 0 Å². The van der Waals surface area contributed by atoms with Gasteiger partial charge in [0.2, 0.25) is 0 Å². The number of rotatable bonds is 4. The summed E-state index contributed by atoms with van der Waals surface area (Å²) in [6.07, 6.45) is 2.07. The number of piperidine rings is 1. The minimum Gasteiger partial charge on any atom is -0.369 e. The fourth-order valence-corrected chi connectivity index (χ4v) is 3.07. The Balaban J connectivity index is 2.07. The van der Waals surface area contributed by atoms with Crippen LogP contribution in [0.1, 0.15) is 26.7 Å². The number of halogens is 3. The molecule has 0 aliphatic carbocycles. The predicted molar refractivity (Wildman–Crippen MR) is 82.1 cm³/mol. The van der Waals surface area contributed by atoms with Gasteiger partial charge in [-0.15, -0.1) is 0 Å². The maximum Gasteiger partial charge on any atom is 0.147 e. The number of nitrogens with zero attached hydrogens (tertiary/aromatic N) is 1. The zero-order valence-electron chi connectivity index (χ0n) is 11.9. The summed E-state index contributed by atoms with van der Waals surface area (Å²) in [4.78, 5) is 1.94. The van der Waals surface area contributed by atoms with Crippen LogP contribution in [-0.2, 0) is 0 Å². The Hall–Kier alpha value is -0.680. The lowest BCUT2D eigenvalue weighted by Gasteiger charge is -2.39. The molecule has 2 atom stereocenters. The van der Waals surface area contributed by atoms with Crippen molar-refractivity contribution in [2.45, 2.75) is 32.7 Å². The summed E-state index contributed by atoms with van der Waals surface area (Å²) >= 11 is 3.01. The van der Waals surface area contributed by atoms with Crippen LogP contribution in [0.15, 0.2) is 16.6 Å². The lowest BCUT2D eigenvalue weighted by Crippen LogP contribution is -2.48. The van der Waals surface area contributed by atoms with E-state index in [4.69, 9.17) is 0 Å². The number of nitrogens with one attached hydrogen (secondary N) is 1. The maximum absolute atomic E-state index is 14.0. The minimum atomic E-state index is -0.416. The quantitative estimate of drug-likeness (QED) is 0.830. The van der Waals surface area contributed by atoms with Gasteiger partial charge in [-0.1, -0.05) is 13.8 Å². The lowest BCUT2D eigenvalue weighted by atomic mass is 9.93. The van der Waals surface area contributed by atoms with E-state index in [0.29, 0.717) is 17.6 Å². The molecule has 1 N–H and O–H groups in total. The Bertz CT molecular complexity index is 467. The van der Waals surface area contributed by atoms with E-state index in [0.717, 1.165) is 32.5 Å². The summed E-state index contributed by atoms with van der Waals surface area (Å²) in [5, 5.41) is 3.53. The third-order valence-corrected chi connectivity index (χ3v) is 4.50. The molecule has 1 saturated heterocycles. The van der Waals surface area contributed by atoms with E-state index in [1.165, 1.54) is 12.1 Å². The summed E-state index contributed by atoms with van der Waals surface area (Å²) in [5.41, 5.74) is 0.367. The summed E-state index contributed by atoms with van der Waals surface area (Å²) in [6, 6.07) is 2.96. The van der Waals surface area contributed by atoms with Crippen molar-refractivity contribution in [2.24, 2.45) is 5.92 Å². The van der Waals surface area contributed by atoms with Gasteiger partial charge in [0.1, 0.15) is 11.6 Å². The van der Waals surface area contributed by atoms with Crippen LogP contribution >= 0.6 is 15.9 Å². The molecule has 0 radical (unpaired) electrons. The Labute approximate surface area is 127 Å². The van der Waals surface area contributed by atoms with Crippen LogP contribution in [0.5, 0.6) is 0 Å². The first kappa shape index (κ1) is 15.7. The lowest BCUT2D eigenvalue weighted by molar-refractivity contribution is 0.321. The van der Waals surface area contributed by atoms with Gasteiger partial charge >= 0.3 is 0 Å². The largest absolute Gasteiger partial charge is 0.369 e. The van der Waals surface area contributed by atoms with Crippen molar-refractivity contribution < 1.29 is 8.78 Å². The molecule has 0 aromatic heterocycles. The van der Waals surface area contributed by atoms with Crippen molar-refractivity contribution in [3.8, 4) is 0 Å². The van der Waals surface area contributed by atoms with Gasteiger partial charge in [-0.05, 0) is 47.3 Å². The van der Waals surface area contributed by atoms with E-state index in [1.54, 1.807) is 0 Å². The van der Waals surface area contributed by atoms with Gasteiger partial charge in [-0.2, -0.15) is 0 Å². The number of benzene rings is 1. The van der Waals surface area contributed by atoms with Gasteiger partial charge in [0.05, 0.1) is 10.2 Å². The van der Waals surface area contributed by atoms with Crippen molar-refractivity contribution in [3.63, 3.8) is 0 Å². The molecule has 112 valence electrons. The fourth-order valence-electron chi connectivity index (χ4n) is 2.75. The smallest absolute Gasteiger partial charge is 0.147 e. The van der Waals surface area contributed by atoms with Gasteiger partial charge in [0, 0.05) is 25.2 Å². The van der Waals surface area contributed by atoms with Crippen LogP contribution in [0, 0.1) is 17.6 Å². The molecular weight excluding hydrogens is 326 g/mol. The van der Waals surface area contributed by atoms with E-state index >= 15 is 0 Å². The van der Waals surface area contributed by atoms with Crippen LogP contribution in [0.4, 0.5) is 14.5 Å². The van der Waals surface area contributed by atoms with Crippen molar-refractivity contribution in [3.05, 3.63) is 28.2 Å². The van der Waals surface area contributed by atoms with Crippen molar-refractivity contribution >= 4 is 21.6 Å². The summed E-state index contributed by atoms with van der Waals surface area (Å²) < 4.78 is 27.8. The van der Waals surface area contributed by atoms with Crippen LogP contribution in [0.25, 0.3) is 0 Å². The summed E-state index contributed by atoms with van der Waals surface area (Å²) in [6.45, 7) is 6.82. The third-order valence-electron chi connectivity index (χ3n) is 3.89.